The molecule has 3 aromatic rings. The van der Waals surface area contributed by atoms with Gasteiger partial charge in [0, 0.05) is 18.7 Å². The maximum Gasteiger partial charge on any atom is 0.416 e. The summed E-state index contributed by atoms with van der Waals surface area (Å²) in [6.45, 7) is 5.98. The molecule has 45 heavy (non-hydrogen) atoms. The molecule has 1 fully saturated rings. The zero-order chi connectivity index (χ0) is 33.6. The second kappa shape index (κ2) is 12.0. The Morgan fingerprint density at radius 2 is 1.49 bits per heavy atom. The number of benzene rings is 2. The van der Waals surface area contributed by atoms with Gasteiger partial charge in [0.1, 0.15) is 5.82 Å². The van der Waals surface area contributed by atoms with Gasteiger partial charge in [-0.05, 0) is 93.6 Å². The Hall–Kier alpha value is -4.16. The van der Waals surface area contributed by atoms with E-state index in [0.29, 0.717) is 47.4 Å². The molecule has 6 nitrogen and oxygen atoms in total. The highest BCUT2D eigenvalue weighted by Gasteiger charge is 2.42. The zero-order valence-electron chi connectivity index (χ0n) is 25.4. The summed E-state index contributed by atoms with van der Waals surface area (Å²) < 4.78 is 101. The molecule has 0 N–H and O–H groups in total. The number of pyridine rings is 1. The number of likely N-dealkylation sites (N-methyl/N-ethyl adjacent to an activating group) is 1. The van der Waals surface area contributed by atoms with Gasteiger partial charge in [-0.3, -0.25) is 14.7 Å². The van der Waals surface area contributed by atoms with Gasteiger partial charge in [0.2, 0.25) is 5.91 Å². The van der Waals surface area contributed by atoms with Crippen LogP contribution in [0.4, 0.5) is 41.2 Å². The summed E-state index contributed by atoms with van der Waals surface area (Å²) in [7, 11) is 2.60. The molecule has 1 aromatic heterocycles. The lowest BCUT2D eigenvalue weighted by molar-refractivity contribution is -0.143. The van der Waals surface area contributed by atoms with Gasteiger partial charge in [-0.25, -0.2) is 9.18 Å². The quantitative estimate of drug-likeness (QED) is 0.263. The van der Waals surface area contributed by atoms with Crippen molar-refractivity contribution < 1.29 is 45.1 Å². The number of aromatic nitrogens is 1. The lowest BCUT2D eigenvalue weighted by Crippen LogP contribution is -2.42. The number of anilines is 1. The molecule has 2 heterocycles. The predicted molar refractivity (Wildman–Crippen MR) is 153 cm³/mol. The van der Waals surface area contributed by atoms with E-state index in [1.165, 1.54) is 52.4 Å². The maximum atomic E-state index is 14.1. The molecule has 2 aromatic carbocycles. The molecule has 0 spiro atoms. The Kier molecular flexibility index (Phi) is 8.98. The van der Waals surface area contributed by atoms with Crippen LogP contribution in [-0.2, 0) is 27.3 Å². The highest BCUT2D eigenvalue weighted by atomic mass is 19.4. The van der Waals surface area contributed by atoms with Gasteiger partial charge in [0.15, 0.2) is 0 Å². The van der Waals surface area contributed by atoms with Crippen LogP contribution in [-0.4, -0.2) is 42.1 Å². The van der Waals surface area contributed by atoms with Crippen molar-refractivity contribution in [1.82, 2.24) is 9.88 Å². The number of hydrogen-bond donors (Lipinski definition) is 0. The third-order valence-electron chi connectivity index (χ3n) is 8.29. The topological polar surface area (TPSA) is 62.7 Å². The zero-order valence-corrected chi connectivity index (χ0v) is 25.4. The summed E-state index contributed by atoms with van der Waals surface area (Å²) in [5, 5.41) is 0. The number of carbonyl (C=O) groups excluding carboxylic acids is 2. The number of hydrogen-bond acceptors (Lipinski definition) is 4. The molecule has 13 heteroatoms. The van der Waals surface area contributed by atoms with Crippen molar-refractivity contribution in [1.29, 1.82) is 0 Å². The first-order valence-corrected chi connectivity index (χ1v) is 14.0. The Morgan fingerprint density at radius 1 is 0.911 bits per heavy atom. The summed E-state index contributed by atoms with van der Waals surface area (Å²) in [6.07, 6.45) is -8.16. The van der Waals surface area contributed by atoms with Crippen LogP contribution in [0.15, 0.2) is 48.7 Å². The Balaban J connectivity index is 1.85. The van der Waals surface area contributed by atoms with E-state index in [9.17, 15) is 40.3 Å². The molecule has 0 aliphatic carbocycles. The van der Waals surface area contributed by atoms with Crippen molar-refractivity contribution in [2.24, 2.45) is 0 Å². The van der Waals surface area contributed by atoms with Gasteiger partial charge in [0.05, 0.1) is 47.3 Å². The summed E-state index contributed by atoms with van der Waals surface area (Å²) in [5.74, 6) is -1.33. The minimum atomic E-state index is -5.09. The minimum Gasteiger partial charge on any atom is -0.453 e. The molecule has 242 valence electrons. The molecule has 0 saturated carbocycles. The molecule has 4 rings (SSSR count). The molecule has 0 radical (unpaired) electrons. The van der Waals surface area contributed by atoms with Gasteiger partial charge in [-0.2, -0.15) is 26.3 Å². The van der Waals surface area contributed by atoms with E-state index in [1.807, 2.05) is 6.92 Å². The summed E-state index contributed by atoms with van der Waals surface area (Å²) in [6, 6.07) is 6.09. The van der Waals surface area contributed by atoms with E-state index in [4.69, 9.17) is 4.74 Å². The van der Waals surface area contributed by atoms with Gasteiger partial charge >= 0.3 is 18.4 Å². The fourth-order valence-corrected chi connectivity index (χ4v) is 5.71. The van der Waals surface area contributed by atoms with Gasteiger partial charge in [-0.1, -0.05) is 6.07 Å². The molecule has 1 saturated heterocycles. The van der Waals surface area contributed by atoms with Crippen LogP contribution in [0.1, 0.15) is 67.6 Å². The number of ether oxygens (including phenoxy) is 1. The lowest BCUT2D eigenvalue weighted by atomic mass is 9.81. The van der Waals surface area contributed by atoms with Crippen molar-refractivity contribution in [3.05, 3.63) is 82.4 Å². The van der Waals surface area contributed by atoms with Crippen molar-refractivity contribution in [2.75, 3.05) is 19.1 Å². The number of amides is 2. The predicted octanol–water partition coefficient (Wildman–Crippen LogP) is 8.47. The highest BCUT2D eigenvalue weighted by molar-refractivity contribution is 6.03. The molecule has 1 aliphatic rings. The second-order valence-electron chi connectivity index (χ2n) is 11.7. The van der Waals surface area contributed by atoms with Crippen LogP contribution in [0.5, 0.6) is 0 Å². The number of alkyl halides is 6. The molecule has 0 unspecified atom stereocenters. The number of halogens is 7. The number of aryl methyl sites for hydroxylation is 1. The van der Waals surface area contributed by atoms with E-state index in [0.717, 1.165) is 4.90 Å². The maximum absolute atomic E-state index is 14.1. The number of likely N-dealkylation sites (tertiary alicyclic amines) is 1. The Labute approximate surface area is 255 Å². The molecule has 0 bridgehead atoms. The minimum absolute atomic E-state index is 0.00726. The lowest BCUT2D eigenvalue weighted by Gasteiger charge is -2.32. The summed E-state index contributed by atoms with van der Waals surface area (Å²) in [4.78, 5) is 33.7. The molecular weight excluding hydrogens is 607 g/mol. The smallest absolute Gasteiger partial charge is 0.416 e. The van der Waals surface area contributed by atoms with Crippen LogP contribution >= 0.6 is 0 Å². The van der Waals surface area contributed by atoms with Crippen molar-refractivity contribution in [3.63, 3.8) is 0 Å². The van der Waals surface area contributed by atoms with Crippen molar-refractivity contribution in [2.45, 2.75) is 70.4 Å². The van der Waals surface area contributed by atoms with E-state index in [2.05, 4.69) is 4.98 Å². The van der Waals surface area contributed by atoms with Crippen LogP contribution in [0.2, 0.25) is 0 Å². The molecule has 2 atom stereocenters. The third-order valence-corrected chi connectivity index (χ3v) is 8.29. The molecule has 2 amide bonds. The van der Waals surface area contributed by atoms with Crippen molar-refractivity contribution in [3.8, 4) is 11.1 Å². The normalized spacial score (nSPS) is 17.4. The SMILES string of the molecule is COC(=O)N1[C@H](C)CC[C@@H]1c1cc(-c2ccc(F)cc2C)c(N(C)C(=O)C(C)(C)c2cc(C(F)(F)F)cc(C(F)(F)F)c2)cn1. The number of methoxy groups -OCH3 is 1. The summed E-state index contributed by atoms with van der Waals surface area (Å²) in [5.41, 5.74) is -3.41. The first kappa shape index (κ1) is 33.7. The Morgan fingerprint density at radius 3 is 2.02 bits per heavy atom. The van der Waals surface area contributed by atoms with Crippen LogP contribution < -0.4 is 4.90 Å². The summed E-state index contributed by atoms with van der Waals surface area (Å²) >= 11 is 0. The average molecular weight is 640 g/mol. The highest BCUT2D eigenvalue weighted by Crippen LogP contribution is 2.43. The first-order valence-electron chi connectivity index (χ1n) is 14.0. The molecular formula is C32H32F7N3O3. The third kappa shape index (κ3) is 6.62. The average Bonchev–Trinajstić information content (AvgIpc) is 3.35. The van der Waals surface area contributed by atoms with Crippen LogP contribution in [0, 0.1) is 12.7 Å². The number of rotatable bonds is 5. The molecule has 1 aliphatic heterocycles. The van der Waals surface area contributed by atoms with E-state index >= 15 is 0 Å². The van der Waals surface area contributed by atoms with E-state index in [-0.39, 0.29) is 17.8 Å². The fourth-order valence-electron chi connectivity index (χ4n) is 5.71. The second-order valence-corrected chi connectivity index (χ2v) is 11.7. The van der Waals surface area contributed by atoms with Gasteiger partial charge < -0.3 is 9.64 Å². The van der Waals surface area contributed by atoms with Gasteiger partial charge in [-0.15, -0.1) is 0 Å². The standard InChI is InChI=1S/C32H32F7N3O3/c1-17-11-22(33)8-9-23(17)24-15-25(26-10-7-18(2)42(26)29(44)45-6)40-16-27(24)41(5)28(43)30(3,4)19-12-20(31(34,35)36)14-21(13-19)32(37,38)39/h8-9,11-16,18,26H,7,10H2,1-6H3/t18-,26-/m1/s1. The van der Waals surface area contributed by atoms with Crippen molar-refractivity contribution >= 4 is 17.7 Å². The number of carbonyl (C=O) groups is 2. The van der Waals surface area contributed by atoms with Crippen LogP contribution in [0.3, 0.4) is 0 Å². The fraction of sp³-hybridized carbons (Fsp3) is 0.406. The van der Waals surface area contributed by atoms with Gasteiger partial charge in [0.25, 0.3) is 0 Å². The van der Waals surface area contributed by atoms with E-state index < -0.39 is 58.3 Å². The van der Waals surface area contributed by atoms with E-state index in [1.54, 1.807) is 17.9 Å². The largest absolute Gasteiger partial charge is 0.453 e. The monoisotopic (exact) mass is 639 g/mol. The number of nitrogens with zero attached hydrogens (tertiary/aromatic N) is 3. The first-order chi connectivity index (χ1) is 20.8. The Bertz CT molecular complexity index is 1590. The van der Waals surface area contributed by atoms with Crippen LogP contribution in [0.25, 0.3) is 11.1 Å².